The SMILES string of the molecule is Cl.O=C(CCOc1ccccc1[N+](=O)[O-])NCCNC1CCCCCC1. The monoisotopic (exact) mass is 385 g/mol. The minimum atomic E-state index is -0.491. The molecule has 0 bridgehead atoms. The van der Waals surface area contributed by atoms with Crippen LogP contribution in [0.5, 0.6) is 5.75 Å². The van der Waals surface area contributed by atoms with E-state index in [4.69, 9.17) is 4.74 Å². The van der Waals surface area contributed by atoms with Gasteiger partial charge in [-0.2, -0.15) is 0 Å². The van der Waals surface area contributed by atoms with Crippen molar-refractivity contribution in [3.8, 4) is 5.75 Å². The van der Waals surface area contributed by atoms with Crippen molar-refractivity contribution < 1.29 is 14.5 Å². The van der Waals surface area contributed by atoms with Crippen LogP contribution in [0, 0.1) is 10.1 Å². The zero-order valence-electron chi connectivity index (χ0n) is 14.9. The lowest BCUT2D eigenvalue weighted by Gasteiger charge is -2.16. The Morgan fingerprint density at radius 3 is 2.54 bits per heavy atom. The van der Waals surface area contributed by atoms with Gasteiger partial charge in [-0.3, -0.25) is 14.9 Å². The summed E-state index contributed by atoms with van der Waals surface area (Å²) in [4.78, 5) is 22.2. The Morgan fingerprint density at radius 2 is 1.85 bits per heavy atom. The summed E-state index contributed by atoms with van der Waals surface area (Å²) in [5.41, 5.74) is -0.0875. The van der Waals surface area contributed by atoms with Crippen LogP contribution in [-0.2, 0) is 4.79 Å². The average molecular weight is 386 g/mol. The highest BCUT2D eigenvalue weighted by Gasteiger charge is 2.14. The Balaban J connectivity index is 0.00000338. The molecule has 0 aromatic heterocycles. The highest BCUT2D eigenvalue weighted by molar-refractivity contribution is 5.85. The van der Waals surface area contributed by atoms with E-state index in [1.54, 1.807) is 12.1 Å². The van der Waals surface area contributed by atoms with Gasteiger partial charge in [0.2, 0.25) is 5.91 Å². The molecule has 1 amide bonds. The average Bonchev–Trinajstić information content (AvgIpc) is 2.88. The maximum Gasteiger partial charge on any atom is 0.310 e. The highest BCUT2D eigenvalue weighted by atomic mass is 35.5. The van der Waals surface area contributed by atoms with Gasteiger partial charge < -0.3 is 15.4 Å². The third-order valence-electron chi connectivity index (χ3n) is 4.38. The molecular weight excluding hydrogens is 358 g/mol. The summed E-state index contributed by atoms with van der Waals surface area (Å²) in [7, 11) is 0. The third-order valence-corrected chi connectivity index (χ3v) is 4.38. The maximum absolute atomic E-state index is 11.8. The molecular formula is C18H28ClN3O4. The van der Waals surface area contributed by atoms with Crippen LogP contribution in [0.3, 0.4) is 0 Å². The van der Waals surface area contributed by atoms with Crippen LogP contribution in [0.15, 0.2) is 24.3 Å². The van der Waals surface area contributed by atoms with Gasteiger partial charge in [0, 0.05) is 25.2 Å². The molecule has 0 unspecified atom stereocenters. The first kappa shape index (κ1) is 22.2. The molecule has 0 aliphatic heterocycles. The van der Waals surface area contributed by atoms with Crippen molar-refractivity contribution in [3.05, 3.63) is 34.4 Å². The topological polar surface area (TPSA) is 93.5 Å². The lowest BCUT2D eigenvalue weighted by Crippen LogP contribution is -2.37. The molecule has 146 valence electrons. The van der Waals surface area contributed by atoms with Crippen LogP contribution in [0.25, 0.3) is 0 Å². The lowest BCUT2D eigenvalue weighted by atomic mass is 10.1. The number of nitrogens with zero attached hydrogens (tertiary/aromatic N) is 1. The molecule has 0 atom stereocenters. The van der Waals surface area contributed by atoms with Crippen LogP contribution < -0.4 is 15.4 Å². The second-order valence-corrected chi connectivity index (χ2v) is 6.32. The summed E-state index contributed by atoms with van der Waals surface area (Å²) in [5, 5.41) is 17.2. The smallest absolute Gasteiger partial charge is 0.310 e. The molecule has 1 aliphatic carbocycles. The number of nitrogens with one attached hydrogen (secondary N) is 2. The maximum atomic E-state index is 11.8. The highest BCUT2D eigenvalue weighted by Crippen LogP contribution is 2.25. The van der Waals surface area contributed by atoms with Crippen molar-refractivity contribution in [2.75, 3.05) is 19.7 Å². The number of nitro benzene ring substituents is 1. The number of halogens is 1. The van der Waals surface area contributed by atoms with E-state index in [9.17, 15) is 14.9 Å². The first-order chi connectivity index (χ1) is 12.2. The Bertz CT molecular complexity index is 563. The molecule has 2 rings (SSSR count). The summed E-state index contributed by atoms with van der Waals surface area (Å²) in [6.07, 6.45) is 7.84. The third kappa shape index (κ3) is 8.01. The predicted molar refractivity (Wildman–Crippen MR) is 103 cm³/mol. The van der Waals surface area contributed by atoms with Crippen LogP contribution >= 0.6 is 12.4 Å². The van der Waals surface area contributed by atoms with Crippen molar-refractivity contribution >= 4 is 24.0 Å². The number of benzene rings is 1. The van der Waals surface area contributed by atoms with Gasteiger partial charge in [0.05, 0.1) is 18.0 Å². The fraction of sp³-hybridized carbons (Fsp3) is 0.611. The lowest BCUT2D eigenvalue weighted by molar-refractivity contribution is -0.385. The van der Waals surface area contributed by atoms with E-state index in [-0.39, 0.29) is 42.8 Å². The molecule has 8 heteroatoms. The number of rotatable bonds is 9. The second kappa shape index (κ2) is 12.5. The Kier molecular flexibility index (Phi) is 10.7. The second-order valence-electron chi connectivity index (χ2n) is 6.32. The van der Waals surface area contributed by atoms with E-state index in [1.807, 2.05) is 0 Å². The minimum Gasteiger partial charge on any atom is -0.486 e. The quantitative estimate of drug-likeness (QED) is 0.294. The molecule has 0 radical (unpaired) electrons. The number of hydrogen-bond donors (Lipinski definition) is 2. The van der Waals surface area contributed by atoms with Crippen molar-refractivity contribution in [2.45, 2.75) is 51.0 Å². The van der Waals surface area contributed by atoms with Gasteiger partial charge in [-0.05, 0) is 18.9 Å². The fourth-order valence-corrected chi connectivity index (χ4v) is 3.03. The number of para-hydroxylation sites is 2. The Labute approximate surface area is 160 Å². The van der Waals surface area contributed by atoms with Gasteiger partial charge in [0.25, 0.3) is 0 Å². The molecule has 1 aliphatic rings. The van der Waals surface area contributed by atoms with Gasteiger partial charge in [-0.25, -0.2) is 0 Å². The number of ether oxygens (including phenoxy) is 1. The predicted octanol–water partition coefficient (Wildman–Crippen LogP) is 3.21. The van der Waals surface area contributed by atoms with Crippen LogP contribution in [0.2, 0.25) is 0 Å². The van der Waals surface area contributed by atoms with Crippen molar-refractivity contribution in [1.29, 1.82) is 0 Å². The van der Waals surface area contributed by atoms with E-state index >= 15 is 0 Å². The number of hydrogen-bond acceptors (Lipinski definition) is 5. The minimum absolute atomic E-state index is 0. The molecule has 1 aromatic carbocycles. The molecule has 0 saturated heterocycles. The zero-order chi connectivity index (χ0) is 17.9. The van der Waals surface area contributed by atoms with Gasteiger partial charge in [-0.1, -0.05) is 37.8 Å². The van der Waals surface area contributed by atoms with E-state index in [1.165, 1.54) is 50.7 Å². The van der Waals surface area contributed by atoms with E-state index in [0.717, 1.165) is 6.54 Å². The summed E-state index contributed by atoms with van der Waals surface area (Å²) >= 11 is 0. The van der Waals surface area contributed by atoms with E-state index in [0.29, 0.717) is 12.6 Å². The van der Waals surface area contributed by atoms with Crippen molar-refractivity contribution in [3.63, 3.8) is 0 Å². The number of nitro groups is 1. The van der Waals surface area contributed by atoms with Crippen LogP contribution in [0.4, 0.5) is 5.69 Å². The van der Waals surface area contributed by atoms with Crippen LogP contribution in [0.1, 0.15) is 44.9 Å². The standard InChI is InChI=1S/C18H27N3O4.ClH/c22-18(20-13-12-19-15-7-3-1-2-4-8-15)11-14-25-17-10-6-5-9-16(17)21(23)24;/h5-6,9-10,15,19H,1-4,7-8,11-14H2,(H,20,22);1H. The Morgan fingerprint density at radius 1 is 1.15 bits per heavy atom. The fourth-order valence-electron chi connectivity index (χ4n) is 3.03. The molecule has 2 N–H and O–H groups in total. The molecule has 0 spiro atoms. The zero-order valence-corrected chi connectivity index (χ0v) is 15.8. The normalized spacial score (nSPS) is 14.8. The summed E-state index contributed by atoms with van der Waals surface area (Å²) < 4.78 is 5.37. The molecule has 1 aromatic rings. The van der Waals surface area contributed by atoms with Gasteiger partial charge in [0.1, 0.15) is 0 Å². The summed E-state index contributed by atoms with van der Waals surface area (Å²) in [6.45, 7) is 1.47. The van der Waals surface area contributed by atoms with Crippen molar-refractivity contribution in [1.82, 2.24) is 10.6 Å². The number of carbonyl (C=O) groups excluding carboxylic acids is 1. The first-order valence-electron chi connectivity index (χ1n) is 9.03. The molecule has 7 nitrogen and oxygen atoms in total. The summed E-state index contributed by atoms with van der Waals surface area (Å²) in [5.74, 6) is 0.0802. The van der Waals surface area contributed by atoms with Gasteiger partial charge >= 0.3 is 5.69 Å². The van der Waals surface area contributed by atoms with Gasteiger partial charge in [0.15, 0.2) is 5.75 Å². The molecule has 1 saturated carbocycles. The van der Waals surface area contributed by atoms with Crippen molar-refractivity contribution in [2.24, 2.45) is 0 Å². The Hall–Kier alpha value is -1.86. The van der Waals surface area contributed by atoms with E-state index < -0.39 is 4.92 Å². The molecule has 26 heavy (non-hydrogen) atoms. The first-order valence-corrected chi connectivity index (χ1v) is 9.03. The van der Waals surface area contributed by atoms with E-state index in [2.05, 4.69) is 10.6 Å². The molecule has 0 heterocycles. The summed E-state index contributed by atoms with van der Waals surface area (Å²) in [6, 6.07) is 6.74. The van der Waals surface area contributed by atoms with Crippen LogP contribution in [-0.4, -0.2) is 36.6 Å². The van der Waals surface area contributed by atoms with Gasteiger partial charge in [-0.15, -0.1) is 12.4 Å². The molecule has 1 fully saturated rings. The number of carbonyl (C=O) groups is 1. The largest absolute Gasteiger partial charge is 0.486 e. The number of amides is 1.